The minimum absolute atomic E-state index is 0.0994. The third kappa shape index (κ3) is 2.76. The standard InChI is InChI=1S/C24H24N2O2/c1-3-13-25-23(27)21-19-15-9-5-7-11-17(15)20(18-12-8-6-10-16(18)19)22(21)24(28)26-14-4-2/h3-12,19-22H,1-2,13-14H2,(H,25,27)(H,26,28)/t19?,20?,21-,22-/m0/s1. The van der Waals surface area contributed by atoms with Crippen LogP contribution < -0.4 is 10.6 Å². The Labute approximate surface area is 165 Å². The molecule has 0 spiro atoms. The van der Waals surface area contributed by atoms with Crippen LogP contribution >= 0.6 is 0 Å². The molecule has 2 atom stereocenters. The van der Waals surface area contributed by atoms with Crippen LogP contribution in [-0.2, 0) is 9.59 Å². The van der Waals surface area contributed by atoms with Gasteiger partial charge in [0.05, 0.1) is 11.8 Å². The summed E-state index contributed by atoms with van der Waals surface area (Å²) >= 11 is 0. The van der Waals surface area contributed by atoms with Gasteiger partial charge >= 0.3 is 0 Å². The maximum atomic E-state index is 13.2. The molecule has 0 aromatic heterocycles. The highest BCUT2D eigenvalue weighted by Gasteiger charge is 2.54. The summed E-state index contributed by atoms with van der Waals surface area (Å²) in [6, 6.07) is 16.4. The van der Waals surface area contributed by atoms with Crippen molar-refractivity contribution in [2.24, 2.45) is 11.8 Å². The number of fused-ring (bicyclic) bond motifs is 1. The Morgan fingerprint density at radius 2 is 1.04 bits per heavy atom. The highest BCUT2D eigenvalue weighted by Crippen LogP contribution is 2.58. The highest BCUT2D eigenvalue weighted by molar-refractivity contribution is 5.92. The Hall–Kier alpha value is -3.14. The smallest absolute Gasteiger partial charge is 0.225 e. The lowest BCUT2D eigenvalue weighted by molar-refractivity contribution is -0.136. The predicted molar refractivity (Wildman–Crippen MR) is 110 cm³/mol. The van der Waals surface area contributed by atoms with E-state index in [-0.39, 0.29) is 23.7 Å². The first-order valence-electron chi connectivity index (χ1n) is 9.64. The average Bonchev–Trinajstić information content (AvgIpc) is 2.75. The van der Waals surface area contributed by atoms with Crippen molar-refractivity contribution in [1.82, 2.24) is 10.6 Å². The van der Waals surface area contributed by atoms with Crippen molar-refractivity contribution >= 4 is 11.8 Å². The van der Waals surface area contributed by atoms with Gasteiger partial charge in [0, 0.05) is 24.9 Å². The molecule has 0 heterocycles. The molecule has 0 unspecified atom stereocenters. The van der Waals surface area contributed by atoms with Crippen LogP contribution in [0.15, 0.2) is 73.8 Å². The summed E-state index contributed by atoms with van der Waals surface area (Å²) in [6.07, 6.45) is 3.32. The van der Waals surface area contributed by atoms with E-state index in [4.69, 9.17) is 0 Å². The summed E-state index contributed by atoms with van der Waals surface area (Å²) in [4.78, 5) is 26.4. The van der Waals surface area contributed by atoms with E-state index >= 15 is 0 Å². The number of nitrogens with one attached hydrogen (secondary N) is 2. The third-order valence-corrected chi connectivity index (χ3v) is 5.88. The number of benzene rings is 2. The van der Waals surface area contributed by atoms with Gasteiger partial charge in [-0.3, -0.25) is 9.59 Å². The molecule has 2 N–H and O–H groups in total. The zero-order chi connectivity index (χ0) is 19.7. The van der Waals surface area contributed by atoms with E-state index < -0.39 is 11.8 Å². The van der Waals surface area contributed by atoms with Crippen molar-refractivity contribution in [3.63, 3.8) is 0 Å². The van der Waals surface area contributed by atoms with Crippen molar-refractivity contribution in [3.8, 4) is 0 Å². The maximum Gasteiger partial charge on any atom is 0.225 e. The van der Waals surface area contributed by atoms with Crippen molar-refractivity contribution in [1.29, 1.82) is 0 Å². The minimum atomic E-state index is -0.459. The fourth-order valence-corrected chi connectivity index (χ4v) is 4.89. The van der Waals surface area contributed by atoms with Crippen LogP contribution in [0.5, 0.6) is 0 Å². The number of carbonyl (C=O) groups excluding carboxylic acids is 2. The Bertz CT molecular complexity index is 826. The first kappa shape index (κ1) is 18.2. The largest absolute Gasteiger partial charge is 0.352 e. The molecular weight excluding hydrogens is 348 g/mol. The van der Waals surface area contributed by atoms with Gasteiger partial charge in [0.2, 0.25) is 11.8 Å². The molecule has 0 saturated carbocycles. The van der Waals surface area contributed by atoms with Crippen LogP contribution in [0.2, 0.25) is 0 Å². The van der Waals surface area contributed by atoms with Gasteiger partial charge in [-0.25, -0.2) is 0 Å². The number of rotatable bonds is 6. The van der Waals surface area contributed by atoms with Crippen LogP contribution in [-0.4, -0.2) is 24.9 Å². The second kappa shape index (κ2) is 7.47. The van der Waals surface area contributed by atoms with Crippen molar-refractivity contribution in [3.05, 3.63) is 96.1 Å². The van der Waals surface area contributed by atoms with Crippen molar-refractivity contribution in [2.45, 2.75) is 11.8 Å². The molecule has 0 saturated heterocycles. The van der Waals surface area contributed by atoms with Gasteiger partial charge in [-0.2, -0.15) is 0 Å². The van der Waals surface area contributed by atoms with Gasteiger partial charge in [-0.1, -0.05) is 60.7 Å². The zero-order valence-corrected chi connectivity index (χ0v) is 15.7. The Morgan fingerprint density at radius 3 is 1.32 bits per heavy atom. The van der Waals surface area contributed by atoms with Gasteiger partial charge in [0.25, 0.3) is 0 Å². The Balaban J connectivity index is 1.88. The lowest BCUT2D eigenvalue weighted by Gasteiger charge is -2.49. The molecule has 0 aliphatic heterocycles. The lowest BCUT2D eigenvalue weighted by atomic mass is 9.53. The molecule has 3 aliphatic rings. The Morgan fingerprint density at radius 1 is 0.714 bits per heavy atom. The SMILES string of the molecule is C=CCNC(=O)[C@H]1C2c3ccccc3C(c3ccccc32)[C@@H]1C(=O)NCC=C. The van der Waals surface area contributed by atoms with Gasteiger partial charge < -0.3 is 10.6 Å². The summed E-state index contributed by atoms with van der Waals surface area (Å²) in [5.74, 6) is -1.39. The summed E-state index contributed by atoms with van der Waals surface area (Å²) in [6.45, 7) is 8.15. The van der Waals surface area contributed by atoms with Crippen molar-refractivity contribution in [2.75, 3.05) is 13.1 Å². The molecule has 0 radical (unpaired) electrons. The number of hydrogen-bond donors (Lipinski definition) is 2. The van der Waals surface area contributed by atoms with Gasteiger partial charge in [-0.05, 0) is 22.3 Å². The second-order valence-electron chi connectivity index (χ2n) is 7.33. The topological polar surface area (TPSA) is 58.2 Å². The molecule has 2 amide bonds. The van der Waals surface area contributed by atoms with E-state index in [2.05, 4.69) is 48.1 Å². The summed E-state index contributed by atoms with van der Waals surface area (Å²) < 4.78 is 0. The second-order valence-corrected chi connectivity index (χ2v) is 7.33. The molecule has 0 fully saturated rings. The molecule has 4 nitrogen and oxygen atoms in total. The third-order valence-electron chi connectivity index (χ3n) is 5.88. The van der Waals surface area contributed by atoms with Crippen LogP contribution in [0.3, 0.4) is 0 Å². The quantitative estimate of drug-likeness (QED) is 0.766. The first-order valence-corrected chi connectivity index (χ1v) is 9.64. The number of carbonyl (C=O) groups is 2. The number of amides is 2. The van der Waals surface area contributed by atoms with Gasteiger partial charge in [0.15, 0.2) is 0 Å². The zero-order valence-electron chi connectivity index (χ0n) is 15.7. The van der Waals surface area contributed by atoms with Crippen LogP contribution in [0, 0.1) is 11.8 Å². The summed E-state index contributed by atoms with van der Waals surface area (Å²) in [5, 5.41) is 5.86. The summed E-state index contributed by atoms with van der Waals surface area (Å²) in [5.41, 5.74) is 4.60. The van der Waals surface area contributed by atoms with Crippen LogP contribution in [0.4, 0.5) is 0 Å². The predicted octanol–water partition coefficient (Wildman–Crippen LogP) is 3.11. The maximum absolute atomic E-state index is 13.2. The molecule has 3 aliphatic carbocycles. The van der Waals surface area contributed by atoms with Gasteiger partial charge in [-0.15, -0.1) is 13.2 Å². The normalized spacial score (nSPS) is 23.9. The lowest BCUT2D eigenvalue weighted by Crippen LogP contribution is -2.52. The molecule has 2 aromatic rings. The molecule has 142 valence electrons. The van der Waals surface area contributed by atoms with E-state index in [9.17, 15) is 9.59 Å². The monoisotopic (exact) mass is 372 g/mol. The van der Waals surface area contributed by atoms with E-state index in [1.165, 1.54) is 0 Å². The van der Waals surface area contributed by atoms with E-state index in [0.717, 1.165) is 22.3 Å². The van der Waals surface area contributed by atoms with E-state index in [1.807, 2.05) is 24.3 Å². The van der Waals surface area contributed by atoms with Crippen LogP contribution in [0.1, 0.15) is 34.1 Å². The van der Waals surface area contributed by atoms with E-state index in [0.29, 0.717) is 13.1 Å². The molecule has 5 rings (SSSR count). The summed E-state index contributed by atoms with van der Waals surface area (Å²) in [7, 11) is 0. The average molecular weight is 372 g/mol. The molecule has 28 heavy (non-hydrogen) atoms. The molecule has 2 bridgehead atoms. The minimum Gasteiger partial charge on any atom is -0.352 e. The molecule has 4 heteroatoms. The van der Waals surface area contributed by atoms with E-state index in [1.54, 1.807) is 12.2 Å². The fourth-order valence-electron chi connectivity index (χ4n) is 4.89. The van der Waals surface area contributed by atoms with Gasteiger partial charge in [0.1, 0.15) is 0 Å². The molecular formula is C24H24N2O2. The fraction of sp³-hybridized carbons (Fsp3) is 0.250. The number of hydrogen-bond acceptors (Lipinski definition) is 2. The highest BCUT2D eigenvalue weighted by atomic mass is 16.2. The molecule has 2 aromatic carbocycles. The van der Waals surface area contributed by atoms with Crippen LogP contribution in [0.25, 0.3) is 0 Å². The first-order chi connectivity index (χ1) is 13.7. The van der Waals surface area contributed by atoms with Crippen molar-refractivity contribution < 1.29 is 9.59 Å². The Kier molecular flexibility index (Phi) is 4.86.